The molecule has 1 heterocycles. The van der Waals surface area contributed by atoms with Crippen LogP contribution in [0.3, 0.4) is 0 Å². The van der Waals surface area contributed by atoms with Crippen molar-refractivity contribution in [3.63, 3.8) is 0 Å². The first-order valence-corrected chi connectivity index (χ1v) is 6.04. The van der Waals surface area contributed by atoms with Gasteiger partial charge in [-0.1, -0.05) is 30.3 Å². The van der Waals surface area contributed by atoms with Crippen LogP contribution in [0.4, 0.5) is 0 Å². The summed E-state index contributed by atoms with van der Waals surface area (Å²) < 4.78 is 0. The maximum Gasteiger partial charge on any atom is 0.0448 e. The van der Waals surface area contributed by atoms with Crippen molar-refractivity contribution in [1.29, 1.82) is 0 Å². The minimum Gasteiger partial charge on any atom is -0.396 e. The fourth-order valence-electron chi connectivity index (χ4n) is 2.34. The van der Waals surface area contributed by atoms with Crippen LogP contribution in [0.2, 0.25) is 0 Å². The van der Waals surface area contributed by atoms with Crippen LogP contribution in [0.15, 0.2) is 30.3 Å². The molecular weight excluding hydrogens is 198 g/mol. The number of hydrogen-bond acceptors (Lipinski definition) is 2. The second-order valence-corrected chi connectivity index (χ2v) is 5.30. The molecule has 1 N–H and O–H groups in total. The molecule has 0 aromatic heterocycles. The predicted octanol–water partition coefficient (Wildman–Crippen LogP) is 2.25. The fraction of sp³-hybridized carbons (Fsp3) is 0.571. The topological polar surface area (TPSA) is 23.5 Å². The molecule has 2 rings (SSSR count). The van der Waals surface area contributed by atoms with Crippen LogP contribution in [-0.2, 0) is 0 Å². The molecule has 0 saturated carbocycles. The van der Waals surface area contributed by atoms with Crippen molar-refractivity contribution in [1.82, 2.24) is 4.90 Å². The van der Waals surface area contributed by atoms with Crippen molar-refractivity contribution < 1.29 is 5.11 Å². The molecule has 0 radical (unpaired) electrons. The summed E-state index contributed by atoms with van der Waals surface area (Å²) in [6.45, 7) is 6.95. The summed E-state index contributed by atoms with van der Waals surface area (Å²) in [5.41, 5.74) is 1.58. The lowest BCUT2D eigenvalue weighted by Gasteiger charge is -2.49. The SMILES string of the molecule is CC(C)(CCO)N1CC(c2ccccc2)C1. The summed E-state index contributed by atoms with van der Waals surface area (Å²) in [5, 5.41) is 9.03. The highest BCUT2D eigenvalue weighted by atomic mass is 16.3. The molecule has 1 aromatic rings. The van der Waals surface area contributed by atoms with Gasteiger partial charge in [-0.15, -0.1) is 0 Å². The zero-order chi connectivity index (χ0) is 11.6. The van der Waals surface area contributed by atoms with Gasteiger partial charge in [0.1, 0.15) is 0 Å². The van der Waals surface area contributed by atoms with Gasteiger partial charge in [-0.05, 0) is 25.8 Å². The molecule has 1 aliphatic rings. The Balaban J connectivity index is 1.91. The van der Waals surface area contributed by atoms with Crippen LogP contribution >= 0.6 is 0 Å². The van der Waals surface area contributed by atoms with E-state index in [-0.39, 0.29) is 12.1 Å². The van der Waals surface area contributed by atoms with Gasteiger partial charge in [-0.3, -0.25) is 4.90 Å². The second kappa shape index (κ2) is 4.56. The van der Waals surface area contributed by atoms with E-state index in [2.05, 4.69) is 49.1 Å². The quantitative estimate of drug-likeness (QED) is 0.839. The Morgan fingerprint density at radius 1 is 1.25 bits per heavy atom. The number of hydrogen-bond donors (Lipinski definition) is 1. The zero-order valence-electron chi connectivity index (χ0n) is 10.2. The van der Waals surface area contributed by atoms with Gasteiger partial charge in [0.05, 0.1) is 0 Å². The number of benzene rings is 1. The van der Waals surface area contributed by atoms with Crippen LogP contribution < -0.4 is 0 Å². The summed E-state index contributed by atoms with van der Waals surface area (Å²) in [7, 11) is 0. The third-order valence-electron chi connectivity index (χ3n) is 3.73. The smallest absolute Gasteiger partial charge is 0.0448 e. The van der Waals surface area contributed by atoms with Gasteiger partial charge in [0.15, 0.2) is 0 Å². The van der Waals surface area contributed by atoms with E-state index in [1.165, 1.54) is 5.56 Å². The molecule has 0 aliphatic carbocycles. The first kappa shape index (κ1) is 11.6. The van der Waals surface area contributed by atoms with Gasteiger partial charge in [0.2, 0.25) is 0 Å². The lowest BCUT2D eigenvalue weighted by molar-refractivity contribution is 0.0188. The molecule has 0 atom stereocenters. The molecule has 0 bridgehead atoms. The number of nitrogens with zero attached hydrogens (tertiary/aromatic N) is 1. The molecule has 0 spiro atoms. The average Bonchev–Trinajstić information content (AvgIpc) is 2.16. The Morgan fingerprint density at radius 3 is 2.44 bits per heavy atom. The average molecular weight is 219 g/mol. The molecule has 1 fully saturated rings. The molecule has 1 saturated heterocycles. The van der Waals surface area contributed by atoms with E-state index in [1.807, 2.05) is 0 Å². The molecule has 0 unspecified atom stereocenters. The standard InChI is InChI=1S/C14H21NO/c1-14(2,8-9-16)15-10-13(11-15)12-6-4-3-5-7-12/h3-7,13,16H,8-11H2,1-2H3. The van der Waals surface area contributed by atoms with Gasteiger partial charge >= 0.3 is 0 Å². The highest BCUT2D eigenvalue weighted by Crippen LogP contribution is 2.33. The van der Waals surface area contributed by atoms with Crippen LogP contribution in [0.5, 0.6) is 0 Å². The van der Waals surface area contributed by atoms with Crippen LogP contribution in [0.1, 0.15) is 31.7 Å². The highest BCUT2D eigenvalue weighted by Gasteiger charge is 2.37. The molecule has 88 valence electrons. The Bertz CT molecular complexity index is 328. The Labute approximate surface area is 97.9 Å². The monoisotopic (exact) mass is 219 g/mol. The van der Waals surface area contributed by atoms with Crippen LogP contribution in [-0.4, -0.2) is 35.2 Å². The summed E-state index contributed by atoms with van der Waals surface area (Å²) in [6.07, 6.45) is 0.856. The van der Waals surface area contributed by atoms with Crippen LogP contribution in [0, 0.1) is 0 Å². The molecular formula is C14H21NO. The Kier molecular flexibility index (Phi) is 3.31. The lowest BCUT2D eigenvalue weighted by atomic mass is 9.85. The lowest BCUT2D eigenvalue weighted by Crippen LogP contribution is -2.56. The van der Waals surface area contributed by atoms with Crippen molar-refractivity contribution in [3.05, 3.63) is 35.9 Å². The van der Waals surface area contributed by atoms with E-state index in [0.717, 1.165) is 19.5 Å². The van der Waals surface area contributed by atoms with Gasteiger partial charge in [-0.2, -0.15) is 0 Å². The van der Waals surface area contributed by atoms with Crippen molar-refractivity contribution in [2.75, 3.05) is 19.7 Å². The Morgan fingerprint density at radius 2 is 1.88 bits per heavy atom. The molecule has 1 aromatic carbocycles. The van der Waals surface area contributed by atoms with Gasteiger partial charge in [0.25, 0.3) is 0 Å². The number of likely N-dealkylation sites (tertiary alicyclic amines) is 1. The molecule has 2 nitrogen and oxygen atoms in total. The third kappa shape index (κ3) is 2.28. The number of aliphatic hydroxyl groups excluding tert-OH is 1. The highest BCUT2D eigenvalue weighted by molar-refractivity contribution is 5.23. The van der Waals surface area contributed by atoms with Crippen molar-refractivity contribution >= 4 is 0 Å². The normalized spacial score (nSPS) is 18.4. The van der Waals surface area contributed by atoms with Crippen LogP contribution in [0.25, 0.3) is 0 Å². The third-order valence-corrected chi connectivity index (χ3v) is 3.73. The molecule has 0 amide bonds. The predicted molar refractivity (Wildman–Crippen MR) is 66.5 cm³/mol. The number of rotatable bonds is 4. The summed E-state index contributed by atoms with van der Waals surface area (Å²) in [4.78, 5) is 2.46. The van der Waals surface area contributed by atoms with Gasteiger partial charge in [0, 0.05) is 31.2 Å². The first-order chi connectivity index (χ1) is 7.63. The largest absolute Gasteiger partial charge is 0.396 e. The van der Waals surface area contributed by atoms with E-state index >= 15 is 0 Å². The van der Waals surface area contributed by atoms with E-state index in [0.29, 0.717) is 5.92 Å². The summed E-state index contributed by atoms with van der Waals surface area (Å²) in [5.74, 6) is 0.680. The van der Waals surface area contributed by atoms with Gasteiger partial charge < -0.3 is 5.11 Å². The van der Waals surface area contributed by atoms with Gasteiger partial charge in [-0.25, -0.2) is 0 Å². The van der Waals surface area contributed by atoms with Crippen molar-refractivity contribution in [2.24, 2.45) is 0 Å². The summed E-state index contributed by atoms with van der Waals surface area (Å²) in [6, 6.07) is 10.7. The van der Waals surface area contributed by atoms with E-state index in [4.69, 9.17) is 5.11 Å². The van der Waals surface area contributed by atoms with E-state index in [9.17, 15) is 0 Å². The van der Waals surface area contributed by atoms with E-state index < -0.39 is 0 Å². The number of aliphatic hydroxyl groups is 1. The maximum absolute atomic E-state index is 9.03. The first-order valence-electron chi connectivity index (χ1n) is 6.04. The minimum absolute atomic E-state index is 0.139. The molecule has 1 aliphatic heterocycles. The Hall–Kier alpha value is -0.860. The maximum atomic E-state index is 9.03. The fourth-order valence-corrected chi connectivity index (χ4v) is 2.34. The van der Waals surface area contributed by atoms with Crippen molar-refractivity contribution in [2.45, 2.75) is 31.7 Å². The minimum atomic E-state index is 0.139. The zero-order valence-corrected chi connectivity index (χ0v) is 10.2. The molecule has 16 heavy (non-hydrogen) atoms. The molecule has 2 heteroatoms. The second-order valence-electron chi connectivity index (χ2n) is 5.30. The van der Waals surface area contributed by atoms with Crippen molar-refractivity contribution in [3.8, 4) is 0 Å². The summed E-state index contributed by atoms with van der Waals surface area (Å²) >= 11 is 0. The van der Waals surface area contributed by atoms with E-state index in [1.54, 1.807) is 0 Å².